The van der Waals surface area contributed by atoms with Gasteiger partial charge in [-0.1, -0.05) is 37.1 Å². The summed E-state index contributed by atoms with van der Waals surface area (Å²) in [6.45, 7) is 4.02. The zero-order chi connectivity index (χ0) is 21.4. The Morgan fingerprint density at radius 3 is 2.45 bits per heavy atom. The molecule has 0 aliphatic rings. The maximum atomic E-state index is 12.9. The van der Waals surface area contributed by atoms with Crippen molar-refractivity contribution in [3.05, 3.63) is 59.7 Å². The Balaban J connectivity index is 2.10. The molecule has 0 aliphatic carbocycles. The molecule has 0 bridgehead atoms. The zero-order valence-corrected chi connectivity index (χ0v) is 17.7. The van der Waals surface area contributed by atoms with Gasteiger partial charge in [0.25, 0.3) is 15.9 Å². The molecule has 1 N–H and O–H groups in total. The number of hydrogen-bond donors (Lipinski definition) is 1. The largest absolute Gasteiger partial charge is 0.452 e. The van der Waals surface area contributed by atoms with Gasteiger partial charge in [-0.2, -0.15) is 0 Å². The zero-order valence-electron chi connectivity index (χ0n) is 16.8. The van der Waals surface area contributed by atoms with Gasteiger partial charge in [0.15, 0.2) is 6.61 Å². The predicted octanol–water partition coefficient (Wildman–Crippen LogP) is 2.89. The Morgan fingerprint density at radius 2 is 1.79 bits per heavy atom. The molecule has 0 unspecified atom stereocenters. The van der Waals surface area contributed by atoms with Gasteiger partial charge in [-0.15, -0.1) is 0 Å². The van der Waals surface area contributed by atoms with E-state index in [0.29, 0.717) is 12.2 Å². The number of benzene rings is 2. The van der Waals surface area contributed by atoms with E-state index in [9.17, 15) is 18.0 Å². The van der Waals surface area contributed by atoms with E-state index in [4.69, 9.17) is 4.74 Å². The lowest BCUT2D eigenvalue weighted by Crippen LogP contribution is -2.29. The van der Waals surface area contributed by atoms with Gasteiger partial charge in [0, 0.05) is 13.6 Å². The van der Waals surface area contributed by atoms with Crippen LogP contribution < -0.4 is 9.62 Å². The van der Waals surface area contributed by atoms with Crippen LogP contribution in [-0.4, -0.2) is 40.5 Å². The molecule has 0 spiro atoms. The van der Waals surface area contributed by atoms with E-state index in [2.05, 4.69) is 5.32 Å². The first-order valence-corrected chi connectivity index (χ1v) is 10.8. The lowest BCUT2D eigenvalue weighted by molar-refractivity contribution is -0.124. The third kappa shape index (κ3) is 6.05. The second-order valence-electron chi connectivity index (χ2n) is 6.62. The van der Waals surface area contributed by atoms with Crippen LogP contribution in [0.25, 0.3) is 0 Å². The molecule has 1 amide bonds. The van der Waals surface area contributed by atoms with Crippen molar-refractivity contribution in [2.24, 2.45) is 0 Å². The summed E-state index contributed by atoms with van der Waals surface area (Å²) in [6.07, 6.45) is 1.78. The van der Waals surface area contributed by atoms with E-state index in [1.165, 1.54) is 31.3 Å². The monoisotopic (exact) mass is 418 g/mol. The van der Waals surface area contributed by atoms with Crippen molar-refractivity contribution in [1.29, 1.82) is 0 Å². The van der Waals surface area contributed by atoms with Crippen LogP contribution in [0.3, 0.4) is 0 Å². The molecular weight excluding hydrogens is 392 g/mol. The maximum absolute atomic E-state index is 12.9. The standard InChI is InChI=1S/C21H26N2O5S/c1-4-5-13-22-20(24)15-28-21(25)17-7-6-8-19(14-17)29(26,27)23(3)18-11-9-16(2)10-12-18/h6-12,14H,4-5,13,15H2,1-3H3,(H,22,24). The van der Waals surface area contributed by atoms with Crippen molar-refractivity contribution in [3.8, 4) is 0 Å². The molecule has 8 heteroatoms. The SMILES string of the molecule is CCCCNC(=O)COC(=O)c1cccc(S(=O)(=O)N(C)c2ccc(C)cc2)c1. The molecule has 0 saturated carbocycles. The van der Waals surface area contributed by atoms with Gasteiger partial charge in [0.2, 0.25) is 0 Å². The van der Waals surface area contributed by atoms with Gasteiger partial charge in [0.05, 0.1) is 16.1 Å². The molecule has 2 aromatic rings. The molecule has 2 aromatic carbocycles. The highest BCUT2D eigenvalue weighted by atomic mass is 32.2. The van der Waals surface area contributed by atoms with Gasteiger partial charge in [-0.25, -0.2) is 13.2 Å². The average Bonchev–Trinajstić information content (AvgIpc) is 2.72. The van der Waals surface area contributed by atoms with E-state index in [-0.39, 0.29) is 10.5 Å². The van der Waals surface area contributed by atoms with Crippen LogP contribution >= 0.6 is 0 Å². The van der Waals surface area contributed by atoms with Crippen LogP contribution in [0, 0.1) is 6.92 Å². The van der Waals surface area contributed by atoms with Crippen molar-refractivity contribution >= 4 is 27.6 Å². The maximum Gasteiger partial charge on any atom is 0.338 e. The van der Waals surface area contributed by atoms with E-state index in [0.717, 1.165) is 22.7 Å². The average molecular weight is 419 g/mol. The van der Waals surface area contributed by atoms with Crippen LogP contribution in [0.15, 0.2) is 53.4 Å². The van der Waals surface area contributed by atoms with Gasteiger partial charge in [-0.05, 0) is 43.7 Å². The van der Waals surface area contributed by atoms with E-state index in [1.807, 2.05) is 26.0 Å². The number of sulfonamides is 1. The number of carbonyl (C=O) groups excluding carboxylic acids is 2. The van der Waals surface area contributed by atoms with Crippen LogP contribution in [0.2, 0.25) is 0 Å². The smallest absolute Gasteiger partial charge is 0.338 e. The molecule has 0 saturated heterocycles. The highest BCUT2D eigenvalue weighted by Gasteiger charge is 2.23. The number of nitrogens with one attached hydrogen (secondary N) is 1. The molecule has 0 heterocycles. The Hall–Kier alpha value is -2.87. The summed E-state index contributed by atoms with van der Waals surface area (Å²) in [6, 6.07) is 12.6. The van der Waals surface area contributed by atoms with Crippen molar-refractivity contribution < 1.29 is 22.7 Å². The molecule has 156 valence electrons. The normalized spacial score (nSPS) is 11.0. The first kappa shape index (κ1) is 22.4. The van der Waals surface area contributed by atoms with Gasteiger partial charge < -0.3 is 10.1 Å². The van der Waals surface area contributed by atoms with Crippen molar-refractivity contribution in [2.75, 3.05) is 24.5 Å². The minimum atomic E-state index is -3.86. The molecule has 0 radical (unpaired) electrons. The minimum absolute atomic E-state index is 0.0394. The van der Waals surface area contributed by atoms with Gasteiger partial charge in [0.1, 0.15) is 0 Å². The lowest BCUT2D eigenvalue weighted by Gasteiger charge is -2.20. The van der Waals surface area contributed by atoms with E-state index >= 15 is 0 Å². The number of amides is 1. The fourth-order valence-corrected chi connectivity index (χ4v) is 3.75. The number of rotatable bonds is 9. The Bertz CT molecular complexity index is 955. The molecular formula is C21H26N2O5S. The number of ether oxygens (including phenoxy) is 1. The minimum Gasteiger partial charge on any atom is -0.452 e. The number of hydrogen-bond acceptors (Lipinski definition) is 5. The lowest BCUT2D eigenvalue weighted by atomic mass is 10.2. The molecule has 0 aromatic heterocycles. The third-order valence-electron chi connectivity index (χ3n) is 4.31. The summed E-state index contributed by atoms with van der Waals surface area (Å²) in [4.78, 5) is 23.8. The number of nitrogens with zero attached hydrogens (tertiary/aromatic N) is 1. The summed E-state index contributed by atoms with van der Waals surface area (Å²) < 4.78 is 32.0. The predicted molar refractivity (Wildman–Crippen MR) is 111 cm³/mol. The van der Waals surface area contributed by atoms with E-state index < -0.39 is 28.5 Å². The van der Waals surface area contributed by atoms with Crippen molar-refractivity contribution in [3.63, 3.8) is 0 Å². The van der Waals surface area contributed by atoms with Crippen LogP contribution in [0.5, 0.6) is 0 Å². The molecule has 7 nitrogen and oxygen atoms in total. The van der Waals surface area contributed by atoms with Crippen molar-refractivity contribution in [2.45, 2.75) is 31.6 Å². The molecule has 29 heavy (non-hydrogen) atoms. The highest BCUT2D eigenvalue weighted by Crippen LogP contribution is 2.23. The topological polar surface area (TPSA) is 92.8 Å². The van der Waals surface area contributed by atoms with Crippen LogP contribution in [-0.2, 0) is 19.6 Å². The number of esters is 1. The highest BCUT2D eigenvalue weighted by molar-refractivity contribution is 7.92. The number of carbonyl (C=O) groups is 2. The summed E-state index contributed by atoms with van der Waals surface area (Å²) in [7, 11) is -2.41. The van der Waals surface area contributed by atoms with Gasteiger partial charge in [-0.3, -0.25) is 9.10 Å². The number of unbranched alkanes of at least 4 members (excludes halogenated alkanes) is 1. The van der Waals surface area contributed by atoms with E-state index in [1.54, 1.807) is 12.1 Å². The summed E-state index contributed by atoms with van der Waals surface area (Å²) in [5, 5.41) is 2.64. The summed E-state index contributed by atoms with van der Waals surface area (Å²) in [5.41, 5.74) is 1.58. The fraction of sp³-hybridized carbons (Fsp3) is 0.333. The summed E-state index contributed by atoms with van der Waals surface area (Å²) in [5.74, 6) is -1.15. The molecule has 0 aliphatic heterocycles. The molecule has 0 fully saturated rings. The van der Waals surface area contributed by atoms with Crippen molar-refractivity contribution in [1.82, 2.24) is 5.32 Å². The third-order valence-corrected chi connectivity index (χ3v) is 6.09. The summed E-state index contributed by atoms with van der Waals surface area (Å²) >= 11 is 0. The fourth-order valence-electron chi connectivity index (χ4n) is 2.51. The van der Waals surface area contributed by atoms with Crippen LogP contribution in [0.1, 0.15) is 35.7 Å². The van der Waals surface area contributed by atoms with Gasteiger partial charge >= 0.3 is 5.97 Å². The van der Waals surface area contributed by atoms with Crippen LogP contribution in [0.4, 0.5) is 5.69 Å². The first-order valence-electron chi connectivity index (χ1n) is 9.35. The quantitative estimate of drug-likeness (QED) is 0.499. The number of aryl methyl sites for hydroxylation is 1. The second kappa shape index (κ2) is 10.1. The molecule has 2 rings (SSSR count). The Labute approximate surface area is 171 Å². The number of anilines is 1. The second-order valence-corrected chi connectivity index (χ2v) is 8.58. The first-order chi connectivity index (χ1) is 13.8. The molecule has 0 atom stereocenters. The Kier molecular flexibility index (Phi) is 7.78. The Morgan fingerprint density at radius 1 is 1.10 bits per heavy atom.